The zero-order chi connectivity index (χ0) is 16.4. The molecule has 8 nitrogen and oxygen atoms in total. The summed E-state index contributed by atoms with van der Waals surface area (Å²) in [6.45, 7) is 4.62. The number of ether oxygens (including phenoxy) is 1. The zero-order valence-corrected chi connectivity index (χ0v) is 11.3. The molecule has 1 fully saturated rings. The lowest BCUT2D eigenvalue weighted by molar-refractivity contribution is -0.321. The second-order valence-corrected chi connectivity index (χ2v) is 4.63. The van der Waals surface area contributed by atoms with Gasteiger partial charge in [-0.15, -0.1) is 0 Å². The van der Waals surface area contributed by atoms with Crippen LogP contribution in [0.4, 0.5) is 0 Å². The van der Waals surface area contributed by atoms with Crippen molar-refractivity contribution in [2.75, 3.05) is 0 Å². The number of aliphatic hydroxyl groups excluding tert-OH is 4. The summed E-state index contributed by atoms with van der Waals surface area (Å²) in [6, 6.07) is 0. The molecule has 0 aromatic heterocycles. The molecule has 0 aliphatic carbocycles. The maximum Gasteiger partial charge on any atom is 0.206 e. The highest BCUT2D eigenvalue weighted by molar-refractivity contribution is 5.97. The van der Waals surface area contributed by atoms with Gasteiger partial charge in [0, 0.05) is 0 Å². The summed E-state index contributed by atoms with van der Waals surface area (Å²) in [4.78, 5) is 23.1. The lowest BCUT2D eigenvalue weighted by Crippen LogP contribution is -2.71. The SMILES string of the molecule is C=CC(=O)[C@]1(O)C(O)O[C@H](C(O)C(=O)C=CC)[C@H](O)[C@@H]1O. The standard InChI is InChI=1S/C13H18O8/c1-3-5-6(14)8(16)10-9(17)11(18)13(20,7(15)4-2)12(19)21-10/h3-5,8-12,16-20H,2H2,1H3/t8?,9-,10+,11-,12?,13+/m0/s1. The molecule has 1 rings (SSSR count). The first-order chi connectivity index (χ1) is 9.71. The minimum atomic E-state index is -2.83. The minimum absolute atomic E-state index is 0.643. The van der Waals surface area contributed by atoms with E-state index in [1.807, 2.05) is 0 Å². The highest BCUT2D eigenvalue weighted by atomic mass is 16.6. The van der Waals surface area contributed by atoms with Gasteiger partial charge in [0.2, 0.25) is 5.60 Å². The largest absolute Gasteiger partial charge is 0.387 e. The molecule has 0 amide bonds. The van der Waals surface area contributed by atoms with E-state index >= 15 is 0 Å². The van der Waals surface area contributed by atoms with Crippen molar-refractivity contribution in [1.29, 1.82) is 0 Å². The Hall–Kier alpha value is -1.42. The van der Waals surface area contributed by atoms with E-state index in [0.717, 1.165) is 6.08 Å². The lowest BCUT2D eigenvalue weighted by atomic mass is 9.81. The second-order valence-electron chi connectivity index (χ2n) is 4.63. The van der Waals surface area contributed by atoms with Crippen molar-refractivity contribution in [3.8, 4) is 0 Å². The molecule has 21 heavy (non-hydrogen) atoms. The van der Waals surface area contributed by atoms with Gasteiger partial charge in [0.1, 0.15) is 24.4 Å². The Labute approximate surface area is 120 Å². The number of carbonyl (C=O) groups excluding carboxylic acids is 2. The van der Waals surface area contributed by atoms with Crippen LogP contribution in [0.15, 0.2) is 24.8 Å². The van der Waals surface area contributed by atoms with E-state index in [2.05, 4.69) is 6.58 Å². The van der Waals surface area contributed by atoms with E-state index < -0.39 is 47.9 Å². The molecule has 0 aromatic carbocycles. The monoisotopic (exact) mass is 302 g/mol. The fraction of sp³-hybridized carbons (Fsp3) is 0.538. The topological polar surface area (TPSA) is 145 Å². The molecule has 8 heteroatoms. The number of allylic oxidation sites excluding steroid dienone is 1. The molecule has 5 N–H and O–H groups in total. The summed E-state index contributed by atoms with van der Waals surface area (Å²) < 4.78 is 4.76. The predicted octanol–water partition coefficient (Wildman–Crippen LogP) is -2.58. The number of rotatable bonds is 5. The third-order valence-corrected chi connectivity index (χ3v) is 3.29. The molecule has 0 bridgehead atoms. The van der Waals surface area contributed by atoms with E-state index in [1.165, 1.54) is 13.0 Å². The van der Waals surface area contributed by atoms with Gasteiger partial charge in [0.25, 0.3) is 0 Å². The van der Waals surface area contributed by atoms with Crippen molar-refractivity contribution < 1.29 is 39.9 Å². The Kier molecular flexibility index (Phi) is 5.51. The van der Waals surface area contributed by atoms with Crippen LogP contribution in [-0.2, 0) is 14.3 Å². The first-order valence-corrected chi connectivity index (χ1v) is 6.15. The molecule has 1 saturated heterocycles. The van der Waals surface area contributed by atoms with Gasteiger partial charge >= 0.3 is 0 Å². The van der Waals surface area contributed by atoms with Gasteiger partial charge in [0.15, 0.2) is 17.9 Å². The Morgan fingerprint density at radius 3 is 2.38 bits per heavy atom. The van der Waals surface area contributed by atoms with Gasteiger partial charge < -0.3 is 30.3 Å². The summed E-state index contributed by atoms with van der Waals surface area (Å²) >= 11 is 0. The van der Waals surface area contributed by atoms with Gasteiger partial charge in [-0.3, -0.25) is 9.59 Å². The lowest BCUT2D eigenvalue weighted by Gasteiger charge is -2.45. The number of aliphatic hydroxyl groups is 5. The molecule has 1 heterocycles. The smallest absolute Gasteiger partial charge is 0.206 e. The van der Waals surface area contributed by atoms with Crippen LogP contribution in [0, 0.1) is 0 Å². The van der Waals surface area contributed by atoms with Gasteiger partial charge in [-0.25, -0.2) is 0 Å². The van der Waals surface area contributed by atoms with Crippen molar-refractivity contribution in [1.82, 2.24) is 0 Å². The Morgan fingerprint density at radius 1 is 1.33 bits per heavy atom. The minimum Gasteiger partial charge on any atom is -0.387 e. The third kappa shape index (κ3) is 2.95. The van der Waals surface area contributed by atoms with Crippen LogP contribution in [0.25, 0.3) is 0 Å². The van der Waals surface area contributed by atoms with Crippen molar-refractivity contribution in [3.63, 3.8) is 0 Å². The van der Waals surface area contributed by atoms with Gasteiger partial charge in [-0.2, -0.15) is 0 Å². The van der Waals surface area contributed by atoms with Crippen molar-refractivity contribution in [2.24, 2.45) is 0 Å². The number of hydrogen-bond donors (Lipinski definition) is 5. The molecule has 0 spiro atoms. The normalized spacial score (nSPS) is 38.2. The van der Waals surface area contributed by atoms with Gasteiger partial charge in [-0.05, 0) is 19.1 Å². The van der Waals surface area contributed by atoms with E-state index in [1.54, 1.807) is 0 Å². The average molecular weight is 302 g/mol. The zero-order valence-electron chi connectivity index (χ0n) is 11.3. The van der Waals surface area contributed by atoms with E-state index in [0.29, 0.717) is 6.08 Å². The van der Waals surface area contributed by atoms with Gasteiger partial charge in [-0.1, -0.05) is 12.7 Å². The van der Waals surface area contributed by atoms with Gasteiger partial charge in [0.05, 0.1) is 0 Å². The van der Waals surface area contributed by atoms with E-state index in [-0.39, 0.29) is 0 Å². The molecule has 6 atom stereocenters. The van der Waals surface area contributed by atoms with E-state index in [4.69, 9.17) is 4.74 Å². The third-order valence-electron chi connectivity index (χ3n) is 3.29. The van der Waals surface area contributed by atoms with Crippen LogP contribution in [-0.4, -0.2) is 73.4 Å². The number of hydrogen-bond acceptors (Lipinski definition) is 8. The van der Waals surface area contributed by atoms with Crippen LogP contribution < -0.4 is 0 Å². The second kappa shape index (κ2) is 6.56. The predicted molar refractivity (Wildman–Crippen MR) is 68.9 cm³/mol. The summed E-state index contributed by atoms with van der Waals surface area (Å²) in [7, 11) is 0. The maximum atomic E-state index is 11.5. The quantitative estimate of drug-likeness (QED) is 0.348. The Bertz CT molecular complexity index is 459. The average Bonchev–Trinajstić information content (AvgIpc) is 2.47. The first kappa shape index (κ1) is 17.6. The Morgan fingerprint density at radius 2 is 1.90 bits per heavy atom. The molecule has 0 aromatic rings. The fourth-order valence-electron chi connectivity index (χ4n) is 2.04. The van der Waals surface area contributed by atoms with Crippen molar-refractivity contribution in [2.45, 2.75) is 43.2 Å². The van der Waals surface area contributed by atoms with E-state index in [9.17, 15) is 35.1 Å². The highest BCUT2D eigenvalue weighted by Crippen LogP contribution is 2.31. The molecule has 1 aliphatic heterocycles. The van der Waals surface area contributed by atoms with Crippen molar-refractivity contribution in [3.05, 3.63) is 24.8 Å². The highest BCUT2D eigenvalue weighted by Gasteiger charge is 2.59. The molecule has 118 valence electrons. The first-order valence-electron chi connectivity index (χ1n) is 6.15. The summed E-state index contributed by atoms with van der Waals surface area (Å²) in [5, 5.41) is 49.2. The molecular formula is C13H18O8. The number of carbonyl (C=O) groups is 2. The maximum absolute atomic E-state index is 11.5. The number of ketones is 2. The van der Waals surface area contributed by atoms with Crippen molar-refractivity contribution >= 4 is 11.6 Å². The molecular weight excluding hydrogens is 284 g/mol. The van der Waals surface area contributed by atoms with Crippen LogP contribution >= 0.6 is 0 Å². The van der Waals surface area contributed by atoms with Crippen LogP contribution in [0.2, 0.25) is 0 Å². The van der Waals surface area contributed by atoms with Crippen LogP contribution in [0.5, 0.6) is 0 Å². The summed E-state index contributed by atoms with van der Waals surface area (Å²) in [5.74, 6) is -2.00. The molecule has 0 saturated carbocycles. The molecule has 0 radical (unpaired) electrons. The van der Waals surface area contributed by atoms with Crippen LogP contribution in [0.1, 0.15) is 6.92 Å². The Balaban J connectivity index is 3.06. The fourth-order valence-corrected chi connectivity index (χ4v) is 2.04. The van der Waals surface area contributed by atoms with Crippen LogP contribution in [0.3, 0.4) is 0 Å². The summed E-state index contributed by atoms with van der Waals surface area (Å²) in [5.41, 5.74) is -2.83. The molecule has 2 unspecified atom stereocenters. The summed E-state index contributed by atoms with van der Waals surface area (Å²) in [6.07, 6.45) is -7.01. The molecule has 1 aliphatic rings.